The number of hydrogen-bond donors (Lipinski definition) is 2. The van der Waals surface area contributed by atoms with Crippen LogP contribution in [-0.2, 0) is 29.7 Å². The van der Waals surface area contributed by atoms with Crippen LogP contribution in [0.25, 0.3) is 0 Å². The first-order chi connectivity index (χ1) is 19.4. The van der Waals surface area contributed by atoms with Gasteiger partial charge in [0.25, 0.3) is 0 Å². The monoisotopic (exact) mass is 558 g/mol. The van der Waals surface area contributed by atoms with Crippen molar-refractivity contribution < 1.29 is 14.3 Å². The largest absolute Gasteiger partial charge is 0.381 e. The Labute approximate surface area is 236 Å². The molecule has 0 spiro atoms. The molecule has 0 atom stereocenters. The molecule has 2 aromatic carbocycles. The molecule has 11 nitrogen and oxygen atoms in total. The van der Waals surface area contributed by atoms with Gasteiger partial charge in [0.2, 0.25) is 11.9 Å². The minimum atomic E-state index is -0.313. The summed E-state index contributed by atoms with van der Waals surface area (Å²) in [6.07, 6.45) is 6.42. The Morgan fingerprint density at radius 2 is 2.00 bits per heavy atom. The zero-order chi connectivity index (χ0) is 28.1. The second-order valence-corrected chi connectivity index (χ2v) is 9.39. The Kier molecular flexibility index (Phi) is 8.04. The highest BCUT2D eigenvalue weighted by atomic mass is 35.5. The second kappa shape index (κ2) is 12.0. The van der Waals surface area contributed by atoms with Crippen LogP contribution in [0.5, 0.6) is 0 Å². The SMILES string of the molecule is COC/C=C/C(=O)Nc1cccc(N2C(=O)N(Cc3ccccc3)Cc3cnc(Nc4cn(C)nc4Cl)nc32)c1. The van der Waals surface area contributed by atoms with Gasteiger partial charge >= 0.3 is 6.03 Å². The van der Waals surface area contributed by atoms with Crippen molar-refractivity contribution in [2.75, 3.05) is 29.3 Å². The van der Waals surface area contributed by atoms with Crippen molar-refractivity contribution in [1.82, 2.24) is 24.6 Å². The minimum Gasteiger partial charge on any atom is -0.381 e. The number of nitrogens with zero attached hydrogens (tertiary/aromatic N) is 6. The van der Waals surface area contributed by atoms with Crippen LogP contribution in [0, 0.1) is 0 Å². The van der Waals surface area contributed by atoms with E-state index in [9.17, 15) is 9.59 Å². The molecule has 2 N–H and O–H groups in total. The van der Waals surface area contributed by atoms with Crippen molar-refractivity contribution in [3.8, 4) is 0 Å². The number of halogens is 1. The number of aryl methyl sites for hydroxylation is 1. The van der Waals surface area contributed by atoms with Gasteiger partial charge in [0.05, 0.1) is 24.5 Å². The number of anilines is 5. The summed E-state index contributed by atoms with van der Waals surface area (Å²) in [7, 11) is 3.31. The third-order valence-corrected chi connectivity index (χ3v) is 6.31. The number of urea groups is 1. The smallest absolute Gasteiger partial charge is 0.330 e. The van der Waals surface area contributed by atoms with Crippen molar-refractivity contribution >= 4 is 52.4 Å². The van der Waals surface area contributed by atoms with Gasteiger partial charge in [-0.1, -0.05) is 54.1 Å². The van der Waals surface area contributed by atoms with E-state index in [1.165, 1.54) is 11.0 Å². The predicted octanol–water partition coefficient (Wildman–Crippen LogP) is 5.02. The van der Waals surface area contributed by atoms with Crippen LogP contribution in [0.15, 0.2) is 79.1 Å². The minimum absolute atomic E-state index is 0.260. The molecule has 0 bridgehead atoms. The molecule has 0 fully saturated rings. The van der Waals surface area contributed by atoms with E-state index in [0.29, 0.717) is 42.6 Å². The number of hydrogen-bond acceptors (Lipinski definition) is 7. The fraction of sp³-hybridized carbons (Fsp3) is 0.179. The molecule has 1 aliphatic heterocycles. The Balaban J connectivity index is 1.50. The van der Waals surface area contributed by atoms with Gasteiger partial charge in [0, 0.05) is 50.4 Å². The van der Waals surface area contributed by atoms with E-state index in [0.717, 1.165) is 11.1 Å². The molecular formula is C28H27ClN8O3. The Hall–Kier alpha value is -4.74. The van der Waals surface area contributed by atoms with Gasteiger partial charge < -0.3 is 20.3 Å². The fourth-order valence-electron chi connectivity index (χ4n) is 4.25. The lowest BCUT2D eigenvalue weighted by molar-refractivity contribution is -0.111. The van der Waals surface area contributed by atoms with E-state index in [1.807, 2.05) is 30.3 Å². The molecule has 1 aliphatic rings. The predicted molar refractivity (Wildman–Crippen MR) is 153 cm³/mol. The quantitative estimate of drug-likeness (QED) is 0.277. The lowest BCUT2D eigenvalue weighted by atomic mass is 10.1. The number of carbonyl (C=O) groups excluding carboxylic acids is 2. The second-order valence-electron chi connectivity index (χ2n) is 9.03. The Bertz CT molecular complexity index is 1560. The highest BCUT2D eigenvalue weighted by molar-refractivity contribution is 6.32. The van der Waals surface area contributed by atoms with E-state index < -0.39 is 0 Å². The highest BCUT2D eigenvalue weighted by Crippen LogP contribution is 2.36. The maximum Gasteiger partial charge on any atom is 0.330 e. The fourth-order valence-corrected chi connectivity index (χ4v) is 4.47. The molecule has 0 aliphatic carbocycles. The maximum atomic E-state index is 14.0. The van der Waals surface area contributed by atoms with Crippen LogP contribution < -0.4 is 15.5 Å². The zero-order valence-corrected chi connectivity index (χ0v) is 22.7. The Morgan fingerprint density at radius 1 is 1.18 bits per heavy atom. The number of nitrogens with one attached hydrogen (secondary N) is 2. The van der Waals surface area contributed by atoms with Gasteiger partial charge in [-0.25, -0.2) is 14.7 Å². The first kappa shape index (κ1) is 26.9. The van der Waals surface area contributed by atoms with Gasteiger partial charge in [-0.05, 0) is 23.8 Å². The molecule has 2 aromatic heterocycles. The third kappa shape index (κ3) is 6.11. The summed E-state index contributed by atoms with van der Waals surface area (Å²) in [4.78, 5) is 38.7. The van der Waals surface area contributed by atoms with E-state index in [-0.39, 0.29) is 23.0 Å². The molecule has 0 unspecified atom stereocenters. The van der Waals surface area contributed by atoms with Crippen molar-refractivity contribution in [2.24, 2.45) is 7.05 Å². The van der Waals surface area contributed by atoms with Crippen molar-refractivity contribution in [2.45, 2.75) is 13.1 Å². The summed E-state index contributed by atoms with van der Waals surface area (Å²) in [5.41, 5.74) is 3.35. The molecule has 5 rings (SSSR count). The number of ether oxygens (including phenoxy) is 1. The average molecular weight is 559 g/mol. The molecular weight excluding hydrogens is 532 g/mol. The topological polar surface area (TPSA) is 118 Å². The summed E-state index contributed by atoms with van der Waals surface area (Å²) in [5, 5.41) is 10.3. The molecule has 12 heteroatoms. The number of benzene rings is 2. The van der Waals surface area contributed by atoms with Gasteiger partial charge in [-0.2, -0.15) is 10.1 Å². The van der Waals surface area contributed by atoms with Crippen LogP contribution >= 0.6 is 11.6 Å². The number of amides is 3. The number of carbonyl (C=O) groups is 2. The van der Waals surface area contributed by atoms with E-state index in [1.54, 1.807) is 66.5 Å². The molecule has 204 valence electrons. The van der Waals surface area contributed by atoms with Gasteiger partial charge in [-0.3, -0.25) is 9.48 Å². The molecule has 3 amide bonds. The third-order valence-electron chi connectivity index (χ3n) is 6.03. The molecule has 0 saturated carbocycles. The molecule has 0 radical (unpaired) electrons. The van der Waals surface area contributed by atoms with Crippen molar-refractivity contribution in [3.63, 3.8) is 0 Å². The summed E-state index contributed by atoms with van der Waals surface area (Å²) in [6.45, 7) is 1.06. The Morgan fingerprint density at radius 3 is 2.75 bits per heavy atom. The van der Waals surface area contributed by atoms with Gasteiger partial charge in [0.15, 0.2) is 11.0 Å². The molecule has 40 heavy (non-hydrogen) atoms. The van der Waals surface area contributed by atoms with Gasteiger partial charge in [0.1, 0.15) is 0 Å². The lowest BCUT2D eigenvalue weighted by Gasteiger charge is -2.36. The van der Waals surface area contributed by atoms with E-state index >= 15 is 0 Å². The van der Waals surface area contributed by atoms with Gasteiger partial charge in [-0.15, -0.1) is 0 Å². The molecule has 4 aromatic rings. The number of fused-ring (bicyclic) bond motifs is 1. The maximum absolute atomic E-state index is 14.0. The van der Waals surface area contributed by atoms with Crippen LogP contribution in [0.3, 0.4) is 0 Å². The number of methoxy groups -OCH3 is 1. The zero-order valence-electron chi connectivity index (χ0n) is 21.9. The molecule has 3 heterocycles. The highest BCUT2D eigenvalue weighted by Gasteiger charge is 2.33. The van der Waals surface area contributed by atoms with Crippen LogP contribution in [0.4, 0.5) is 33.6 Å². The standard InChI is InChI=1S/C28H27ClN8O3/c1-35-18-23(25(29)34-35)32-27-30-15-20-17-36(16-19-8-4-3-5-9-19)28(39)37(26(20)33-27)22-11-6-10-21(14-22)31-24(38)12-7-13-40-2/h3-12,14-15,18H,13,16-17H2,1-2H3,(H,31,38)(H,30,32,33)/b12-7+. The van der Waals surface area contributed by atoms with Crippen molar-refractivity contribution in [3.05, 3.63) is 95.4 Å². The first-order valence-corrected chi connectivity index (χ1v) is 12.8. The number of rotatable bonds is 9. The summed E-state index contributed by atoms with van der Waals surface area (Å²) in [6, 6.07) is 16.5. The van der Waals surface area contributed by atoms with Crippen LogP contribution in [0.1, 0.15) is 11.1 Å². The summed E-state index contributed by atoms with van der Waals surface area (Å²) in [5.74, 6) is 0.374. The van der Waals surface area contributed by atoms with Crippen LogP contribution in [0.2, 0.25) is 5.15 Å². The van der Waals surface area contributed by atoms with Crippen molar-refractivity contribution in [1.29, 1.82) is 0 Å². The summed E-state index contributed by atoms with van der Waals surface area (Å²) >= 11 is 6.21. The first-order valence-electron chi connectivity index (χ1n) is 12.4. The van der Waals surface area contributed by atoms with E-state index in [4.69, 9.17) is 21.3 Å². The molecule has 0 saturated heterocycles. The normalized spacial score (nSPS) is 13.0. The lowest BCUT2D eigenvalue weighted by Crippen LogP contribution is -2.45. The van der Waals surface area contributed by atoms with E-state index in [2.05, 4.69) is 20.7 Å². The van der Waals surface area contributed by atoms with Crippen LogP contribution in [-0.4, -0.2) is 50.3 Å². The number of aromatic nitrogens is 4. The summed E-state index contributed by atoms with van der Waals surface area (Å²) < 4.78 is 6.52. The average Bonchev–Trinajstić information content (AvgIpc) is 3.26.